The van der Waals surface area contributed by atoms with Crippen molar-refractivity contribution in [2.45, 2.75) is 32.9 Å². The molecule has 158 valence electrons. The average Bonchev–Trinajstić information content (AvgIpc) is 3.06. The van der Waals surface area contributed by atoms with Crippen LogP contribution in [-0.4, -0.2) is 26.6 Å². The van der Waals surface area contributed by atoms with Crippen LogP contribution in [0.25, 0.3) is 11.2 Å². The molecular weight excluding hydrogens is 388 g/mol. The van der Waals surface area contributed by atoms with E-state index < -0.39 is 0 Å². The van der Waals surface area contributed by atoms with Crippen LogP contribution in [0.3, 0.4) is 0 Å². The number of hydrogen-bond acceptors (Lipinski definition) is 3. The number of carbonyl (C=O) groups excluding carboxylic acids is 1. The van der Waals surface area contributed by atoms with Gasteiger partial charge in [-0.25, -0.2) is 9.78 Å². The van der Waals surface area contributed by atoms with Crippen LogP contribution in [-0.2, 0) is 17.9 Å². The number of fused-ring (bicyclic) bond motifs is 1. The van der Waals surface area contributed by atoms with Crippen LogP contribution in [0.5, 0.6) is 0 Å². The average molecular weight is 415 g/mol. The summed E-state index contributed by atoms with van der Waals surface area (Å²) in [5, 5.41) is 2.95. The van der Waals surface area contributed by atoms with Gasteiger partial charge in [0, 0.05) is 19.3 Å². The lowest BCUT2D eigenvalue weighted by Gasteiger charge is -2.12. The Bertz CT molecular complexity index is 1240. The number of benzene rings is 2. The molecule has 2 aromatic carbocycles. The number of hydrogen-bond donors (Lipinski definition) is 1. The van der Waals surface area contributed by atoms with Crippen molar-refractivity contribution in [1.29, 1.82) is 0 Å². The summed E-state index contributed by atoms with van der Waals surface area (Å²) >= 11 is 0. The Balaban J connectivity index is 1.51. The zero-order chi connectivity index (χ0) is 21.8. The van der Waals surface area contributed by atoms with Gasteiger partial charge in [0.05, 0.1) is 18.0 Å². The van der Waals surface area contributed by atoms with E-state index in [-0.39, 0.29) is 17.5 Å². The molecule has 0 spiro atoms. The van der Waals surface area contributed by atoms with Crippen LogP contribution >= 0.6 is 0 Å². The Hall–Kier alpha value is -3.67. The minimum atomic E-state index is -0.251. The van der Waals surface area contributed by atoms with E-state index in [9.17, 15) is 9.59 Å². The van der Waals surface area contributed by atoms with E-state index in [0.717, 1.165) is 16.6 Å². The summed E-state index contributed by atoms with van der Waals surface area (Å²) in [5.41, 5.74) is 4.50. The lowest BCUT2D eigenvalue weighted by molar-refractivity contribution is -0.122. The third kappa shape index (κ3) is 4.43. The standard InChI is InChI=1S/C25H26N4O2/c1-18-10-12-20(13-11-18)17-29-22-9-6-14-26-23(22)28(25(29)31)16-15-27-24(30)19(2)21-7-4-3-5-8-21/h3-14,19H,15-17H2,1-2H3,(H,27,30)/t19-/m1/s1. The van der Waals surface area contributed by atoms with Gasteiger partial charge < -0.3 is 5.32 Å². The van der Waals surface area contributed by atoms with Gasteiger partial charge in [-0.1, -0.05) is 60.2 Å². The Labute approximate surface area is 181 Å². The number of imidazole rings is 1. The van der Waals surface area contributed by atoms with E-state index in [1.165, 1.54) is 5.56 Å². The number of nitrogens with one attached hydrogen (secondary N) is 1. The van der Waals surface area contributed by atoms with Crippen molar-refractivity contribution in [3.05, 3.63) is 100 Å². The van der Waals surface area contributed by atoms with Gasteiger partial charge in [0.2, 0.25) is 5.91 Å². The molecule has 0 aliphatic rings. The summed E-state index contributed by atoms with van der Waals surface area (Å²) in [6.07, 6.45) is 1.69. The van der Waals surface area contributed by atoms with Gasteiger partial charge in [-0.15, -0.1) is 0 Å². The molecule has 0 bridgehead atoms. The molecule has 0 radical (unpaired) electrons. The highest BCUT2D eigenvalue weighted by molar-refractivity contribution is 5.83. The summed E-state index contributed by atoms with van der Waals surface area (Å²) in [4.78, 5) is 30.1. The minimum Gasteiger partial charge on any atom is -0.354 e. The van der Waals surface area contributed by atoms with E-state index >= 15 is 0 Å². The second-order valence-corrected chi connectivity index (χ2v) is 7.78. The monoisotopic (exact) mass is 414 g/mol. The van der Waals surface area contributed by atoms with Crippen LogP contribution < -0.4 is 11.0 Å². The van der Waals surface area contributed by atoms with Gasteiger partial charge in [-0.2, -0.15) is 0 Å². The predicted molar refractivity (Wildman–Crippen MR) is 122 cm³/mol. The van der Waals surface area contributed by atoms with E-state index in [4.69, 9.17) is 0 Å². The molecule has 1 N–H and O–H groups in total. The van der Waals surface area contributed by atoms with Gasteiger partial charge in [0.25, 0.3) is 0 Å². The van der Waals surface area contributed by atoms with E-state index in [1.54, 1.807) is 15.3 Å². The lowest BCUT2D eigenvalue weighted by atomic mass is 10.0. The molecule has 0 fully saturated rings. The second-order valence-electron chi connectivity index (χ2n) is 7.78. The van der Waals surface area contributed by atoms with E-state index in [1.807, 2.05) is 80.6 Å². The SMILES string of the molecule is Cc1ccc(Cn2c(=O)n(CCNC(=O)[C@H](C)c3ccccc3)c3ncccc32)cc1. The highest BCUT2D eigenvalue weighted by atomic mass is 16.2. The molecule has 4 aromatic rings. The summed E-state index contributed by atoms with van der Waals surface area (Å²) in [5.74, 6) is -0.311. The first-order chi connectivity index (χ1) is 15.0. The Morgan fingerprint density at radius 2 is 1.74 bits per heavy atom. The number of pyridine rings is 1. The quantitative estimate of drug-likeness (QED) is 0.503. The molecule has 2 aromatic heterocycles. The minimum absolute atomic E-state index is 0.0596. The van der Waals surface area contributed by atoms with Gasteiger partial charge in [0.1, 0.15) is 0 Å². The molecule has 6 nitrogen and oxygen atoms in total. The van der Waals surface area contributed by atoms with Crippen LogP contribution in [0.2, 0.25) is 0 Å². The lowest BCUT2D eigenvalue weighted by Crippen LogP contribution is -2.34. The molecule has 0 aliphatic carbocycles. The maximum absolute atomic E-state index is 13.2. The fourth-order valence-corrected chi connectivity index (χ4v) is 3.71. The number of aryl methyl sites for hydroxylation is 1. The van der Waals surface area contributed by atoms with Crippen LogP contribution in [0.15, 0.2) is 77.7 Å². The molecule has 31 heavy (non-hydrogen) atoms. The van der Waals surface area contributed by atoms with Crippen LogP contribution in [0, 0.1) is 6.92 Å². The molecule has 0 saturated heterocycles. The third-order valence-electron chi connectivity index (χ3n) is 5.56. The summed E-state index contributed by atoms with van der Waals surface area (Å²) in [6.45, 7) is 5.12. The zero-order valence-corrected chi connectivity index (χ0v) is 17.8. The highest BCUT2D eigenvalue weighted by Crippen LogP contribution is 2.15. The largest absolute Gasteiger partial charge is 0.354 e. The maximum atomic E-state index is 13.2. The number of rotatable bonds is 7. The van der Waals surface area contributed by atoms with Crippen molar-refractivity contribution in [2.24, 2.45) is 0 Å². The molecule has 0 saturated carbocycles. The fourth-order valence-electron chi connectivity index (χ4n) is 3.71. The third-order valence-corrected chi connectivity index (χ3v) is 5.56. The molecule has 1 atom stereocenters. The number of amides is 1. The molecule has 4 rings (SSSR count). The van der Waals surface area contributed by atoms with Crippen LogP contribution in [0.1, 0.15) is 29.5 Å². The van der Waals surface area contributed by atoms with Gasteiger partial charge in [-0.05, 0) is 37.1 Å². The summed E-state index contributed by atoms with van der Waals surface area (Å²) in [6, 6.07) is 21.6. The summed E-state index contributed by atoms with van der Waals surface area (Å²) in [7, 11) is 0. The van der Waals surface area contributed by atoms with E-state index in [0.29, 0.717) is 25.3 Å². The first-order valence-electron chi connectivity index (χ1n) is 10.5. The Kier molecular flexibility index (Phi) is 5.98. The number of carbonyl (C=O) groups is 1. The van der Waals surface area contributed by atoms with Crippen molar-refractivity contribution in [3.8, 4) is 0 Å². The van der Waals surface area contributed by atoms with Crippen molar-refractivity contribution in [1.82, 2.24) is 19.4 Å². The molecule has 0 aliphatic heterocycles. The smallest absolute Gasteiger partial charge is 0.330 e. The highest BCUT2D eigenvalue weighted by Gasteiger charge is 2.17. The Morgan fingerprint density at radius 3 is 2.48 bits per heavy atom. The molecule has 2 heterocycles. The van der Waals surface area contributed by atoms with Gasteiger partial charge in [-0.3, -0.25) is 13.9 Å². The van der Waals surface area contributed by atoms with Gasteiger partial charge >= 0.3 is 5.69 Å². The van der Waals surface area contributed by atoms with Crippen molar-refractivity contribution in [2.75, 3.05) is 6.54 Å². The zero-order valence-electron chi connectivity index (χ0n) is 17.8. The number of nitrogens with zero attached hydrogens (tertiary/aromatic N) is 3. The molecule has 0 unspecified atom stereocenters. The Morgan fingerprint density at radius 1 is 1.00 bits per heavy atom. The normalized spacial score (nSPS) is 12.1. The van der Waals surface area contributed by atoms with E-state index in [2.05, 4.69) is 10.3 Å². The summed E-state index contributed by atoms with van der Waals surface area (Å²) < 4.78 is 3.37. The first kappa shape index (κ1) is 20.6. The van der Waals surface area contributed by atoms with Crippen molar-refractivity contribution >= 4 is 17.1 Å². The molecular formula is C25H26N4O2. The predicted octanol–water partition coefficient (Wildman–Crippen LogP) is 3.47. The topological polar surface area (TPSA) is 68.9 Å². The van der Waals surface area contributed by atoms with Crippen LogP contribution in [0.4, 0.5) is 0 Å². The second kappa shape index (κ2) is 9.00. The number of aromatic nitrogens is 3. The first-order valence-corrected chi connectivity index (χ1v) is 10.5. The maximum Gasteiger partial charge on any atom is 0.330 e. The molecule has 1 amide bonds. The van der Waals surface area contributed by atoms with Crippen molar-refractivity contribution < 1.29 is 4.79 Å². The van der Waals surface area contributed by atoms with Gasteiger partial charge in [0.15, 0.2) is 5.65 Å². The fraction of sp³-hybridized carbons (Fsp3) is 0.240. The van der Waals surface area contributed by atoms with Crippen molar-refractivity contribution in [3.63, 3.8) is 0 Å². The molecule has 6 heteroatoms.